The third-order valence-corrected chi connectivity index (χ3v) is 7.17. The Hall–Kier alpha value is -4.87. The summed E-state index contributed by atoms with van der Waals surface area (Å²) in [4.78, 5) is 39.7. The van der Waals surface area contributed by atoms with Gasteiger partial charge >= 0.3 is 24.1 Å². The summed E-state index contributed by atoms with van der Waals surface area (Å²) in [5, 5.41) is 15.1. The van der Waals surface area contributed by atoms with Gasteiger partial charge < -0.3 is 25.0 Å². The van der Waals surface area contributed by atoms with Crippen molar-refractivity contribution in [3.8, 4) is 11.1 Å². The number of unbranched alkanes of at least 4 members (excludes halogenated alkanes) is 3. The second-order valence-corrected chi connectivity index (χ2v) is 10.5. The molecule has 0 spiro atoms. The van der Waals surface area contributed by atoms with Gasteiger partial charge in [0.15, 0.2) is 0 Å². The lowest BCUT2D eigenvalue weighted by Crippen LogP contribution is -2.29. The highest BCUT2D eigenvalue weighted by molar-refractivity contribution is 5.96. The Morgan fingerprint density at radius 2 is 1.71 bits per heavy atom. The number of nitrogens with zero attached hydrogens (tertiary/aromatic N) is 2. The van der Waals surface area contributed by atoms with Crippen molar-refractivity contribution in [2.24, 2.45) is 0 Å². The third kappa shape index (κ3) is 9.07. The molecule has 0 saturated heterocycles. The Balaban J connectivity index is 1.40. The number of carboxylic acid groups (broad SMARTS) is 1. The molecule has 12 heteroatoms. The van der Waals surface area contributed by atoms with Crippen LogP contribution in [0, 0.1) is 0 Å². The molecule has 0 saturated carbocycles. The fraction of sp³-hybridized carbons (Fsp3) is 0.333. The molecule has 0 unspecified atom stereocenters. The molecule has 2 amide bonds. The molecular weight excluding hydrogens is 589 g/mol. The van der Waals surface area contributed by atoms with Crippen molar-refractivity contribution in [1.82, 2.24) is 14.9 Å². The number of ether oxygens (including phenoxy) is 1. The molecule has 0 aliphatic carbocycles. The minimum atomic E-state index is -5.00. The Morgan fingerprint density at radius 1 is 0.956 bits per heavy atom. The molecule has 3 aromatic carbocycles. The van der Waals surface area contributed by atoms with Crippen molar-refractivity contribution in [2.75, 3.05) is 18.5 Å². The fourth-order valence-corrected chi connectivity index (χ4v) is 4.87. The first-order chi connectivity index (χ1) is 21.6. The number of carbonyl (C=O) groups excluding carboxylic acids is 2. The minimum Gasteiger partial charge on any atom is -0.478 e. The van der Waals surface area contributed by atoms with Crippen LogP contribution in [0.4, 0.5) is 23.7 Å². The second kappa shape index (κ2) is 15.2. The van der Waals surface area contributed by atoms with Crippen LogP contribution in [0.25, 0.3) is 22.2 Å². The molecule has 1 heterocycles. The number of rotatable bonds is 14. The van der Waals surface area contributed by atoms with E-state index in [0.717, 1.165) is 47.2 Å². The zero-order valence-electron chi connectivity index (χ0n) is 24.8. The number of carbonyl (C=O) groups is 3. The highest BCUT2D eigenvalue weighted by atomic mass is 19.4. The number of carboxylic acids is 1. The van der Waals surface area contributed by atoms with E-state index in [4.69, 9.17) is 4.98 Å². The number of aromatic carboxylic acids is 1. The monoisotopic (exact) mass is 624 g/mol. The predicted octanol–water partition coefficient (Wildman–Crippen LogP) is 7.19. The number of hydrogen-bond donors (Lipinski definition) is 3. The molecular formula is C33H35F3N4O5. The lowest BCUT2D eigenvalue weighted by atomic mass is 9.99. The number of benzene rings is 3. The van der Waals surface area contributed by atoms with Crippen LogP contribution in [0.15, 0.2) is 66.7 Å². The van der Waals surface area contributed by atoms with E-state index in [1.807, 2.05) is 42.5 Å². The Kier molecular flexibility index (Phi) is 11.2. The smallest absolute Gasteiger partial charge is 0.478 e. The van der Waals surface area contributed by atoms with Crippen molar-refractivity contribution in [3.63, 3.8) is 0 Å². The number of amides is 2. The van der Waals surface area contributed by atoms with Crippen LogP contribution in [-0.2, 0) is 22.5 Å². The molecule has 0 fully saturated rings. The van der Waals surface area contributed by atoms with Gasteiger partial charge in [-0.1, -0.05) is 55.8 Å². The van der Waals surface area contributed by atoms with Crippen LogP contribution in [0.3, 0.4) is 0 Å². The van der Waals surface area contributed by atoms with E-state index in [2.05, 4.69) is 26.9 Å². The summed E-state index contributed by atoms with van der Waals surface area (Å²) in [5.41, 5.74) is 4.92. The highest BCUT2D eigenvalue weighted by Gasteiger charge is 2.40. The van der Waals surface area contributed by atoms with Gasteiger partial charge in [0.25, 0.3) is 0 Å². The molecule has 0 aliphatic rings. The van der Waals surface area contributed by atoms with E-state index >= 15 is 0 Å². The zero-order chi connectivity index (χ0) is 32.4. The van der Waals surface area contributed by atoms with E-state index in [9.17, 15) is 32.7 Å². The number of anilines is 1. The topological polar surface area (TPSA) is 123 Å². The molecule has 3 N–H and O–H groups in total. The Labute approximate surface area is 258 Å². The number of imidazole rings is 1. The third-order valence-electron chi connectivity index (χ3n) is 7.17. The van der Waals surface area contributed by atoms with Gasteiger partial charge in [-0.05, 0) is 66.6 Å². The number of urea groups is 1. The number of esters is 1. The quantitative estimate of drug-likeness (QED) is 0.101. The normalized spacial score (nSPS) is 11.4. The number of alkyl halides is 3. The first kappa shape index (κ1) is 33.0. The van der Waals surface area contributed by atoms with Crippen molar-refractivity contribution in [2.45, 2.75) is 58.2 Å². The lowest BCUT2D eigenvalue weighted by Gasteiger charge is -2.12. The summed E-state index contributed by atoms with van der Waals surface area (Å²) >= 11 is 0. The number of aryl methyl sites for hydroxylation is 1. The van der Waals surface area contributed by atoms with Crippen LogP contribution in [-0.4, -0.2) is 52.0 Å². The second-order valence-electron chi connectivity index (χ2n) is 10.5. The van der Waals surface area contributed by atoms with Gasteiger partial charge in [0.2, 0.25) is 0 Å². The number of nitrogens with one attached hydrogen (secondary N) is 2. The summed E-state index contributed by atoms with van der Waals surface area (Å²) < 4.78 is 42.7. The number of aromatic nitrogens is 2. The van der Waals surface area contributed by atoms with E-state index in [0.29, 0.717) is 37.2 Å². The summed E-state index contributed by atoms with van der Waals surface area (Å²) in [7, 11) is 0. The van der Waals surface area contributed by atoms with Crippen molar-refractivity contribution in [3.05, 3.63) is 83.7 Å². The molecule has 0 radical (unpaired) electrons. The highest BCUT2D eigenvalue weighted by Crippen LogP contribution is 2.27. The van der Waals surface area contributed by atoms with Gasteiger partial charge in [-0.2, -0.15) is 13.2 Å². The lowest BCUT2D eigenvalue weighted by molar-refractivity contribution is -0.199. The number of halogens is 3. The van der Waals surface area contributed by atoms with Gasteiger partial charge in [-0.25, -0.2) is 19.4 Å². The molecule has 45 heavy (non-hydrogen) atoms. The predicted molar refractivity (Wildman–Crippen MR) is 164 cm³/mol. The minimum absolute atomic E-state index is 0.240. The van der Waals surface area contributed by atoms with Gasteiger partial charge in [-0.3, -0.25) is 0 Å². The van der Waals surface area contributed by atoms with E-state index in [-0.39, 0.29) is 18.6 Å². The van der Waals surface area contributed by atoms with Gasteiger partial charge in [0, 0.05) is 25.2 Å². The molecule has 0 atom stereocenters. The van der Waals surface area contributed by atoms with Crippen LogP contribution in [0.2, 0.25) is 0 Å². The maximum atomic E-state index is 12.5. The van der Waals surface area contributed by atoms with Crippen LogP contribution in [0.1, 0.15) is 60.8 Å². The van der Waals surface area contributed by atoms with Crippen molar-refractivity contribution < 1.29 is 37.4 Å². The van der Waals surface area contributed by atoms with Gasteiger partial charge in [0.05, 0.1) is 23.2 Å². The number of fused-ring (bicyclic) bond motifs is 1. The van der Waals surface area contributed by atoms with Crippen molar-refractivity contribution in [1.29, 1.82) is 0 Å². The van der Waals surface area contributed by atoms with E-state index < -0.39 is 24.1 Å². The van der Waals surface area contributed by atoms with Crippen LogP contribution < -0.4 is 10.6 Å². The molecule has 9 nitrogen and oxygen atoms in total. The van der Waals surface area contributed by atoms with Gasteiger partial charge in [0.1, 0.15) is 5.82 Å². The van der Waals surface area contributed by atoms with Crippen LogP contribution >= 0.6 is 0 Å². The summed E-state index contributed by atoms with van der Waals surface area (Å²) in [5.74, 6) is -2.26. The standard InChI is InChI=1S/C33H35F3N4O5/c1-2-3-11-29-39-27-17-16-24(38-32(44)37-18-7-4-8-19-45-31(43)33(34,35)36)20-28(27)40(29)21-22-12-14-23(15-13-22)25-9-5-6-10-26(25)30(41)42/h5-6,9-10,12-17,20H,2-4,7-8,11,18-19,21H2,1H3,(H,41,42)(H2,37,38,44). The molecule has 238 valence electrons. The van der Waals surface area contributed by atoms with E-state index in [1.54, 1.807) is 24.3 Å². The van der Waals surface area contributed by atoms with Crippen molar-refractivity contribution >= 4 is 34.7 Å². The maximum absolute atomic E-state index is 12.5. The van der Waals surface area contributed by atoms with Crippen LogP contribution in [0.5, 0.6) is 0 Å². The summed E-state index contributed by atoms with van der Waals surface area (Å²) in [6.07, 6.45) is -1.01. The average Bonchev–Trinajstić information content (AvgIpc) is 3.35. The van der Waals surface area contributed by atoms with Gasteiger partial charge in [-0.15, -0.1) is 0 Å². The average molecular weight is 625 g/mol. The van der Waals surface area contributed by atoms with E-state index in [1.165, 1.54) is 0 Å². The Morgan fingerprint density at radius 3 is 2.42 bits per heavy atom. The molecule has 4 rings (SSSR count). The largest absolute Gasteiger partial charge is 0.490 e. The fourth-order valence-electron chi connectivity index (χ4n) is 4.87. The summed E-state index contributed by atoms with van der Waals surface area (Å²) in [6, 6.07) is 19.7. The zero-order valence-corrected chi connectivity index (χ0v) is 24.8. The Bertz CT molecular complexity index is 1630. The SMILES string of the molecule is CCCCc1nc2ccc(NC(=O)NCCCCCOC(=O)C(F)(F)F)cc2n1Cc1ccc(-c2ccccc2C(=O)O)cc1. The summed E-state index contributed by atoms with van der Waals surface area (Å²) in [6.45, 7) is 2.61. The molecule has 0 aliphatic heterocycles. The molecule has 4 aromatic rings. The number of hydrogen-bond acceptors (Lipinski definition) is 5. The first-order valence-corrected chi connectivity index (χ1v) is 14.8. The molecule has 1 aromatic heterocycles. The first-order valence-electron chi connectivity index (χ1n) is 14.8. The maximum Gasteiger partial charge on any atom is 0.490 e. The molecule has 0 bridgehead atoms.